The molecule has 0 atom stereocenters. The number of esters is 1. The highest BCUT2D eigenvalue weighted by Crippen LogP contribution is 2.38. The number of nitro benzene ring substituents is 1. The van der Waals surface area contributed by atoms with Crippen LogP contribution in [0.3, 0.4) is 0 Å². The summed E-state index contributed by atoms with van der Waals surface area (Å²) >= 11 is 0. The molecule has 3 rings (SSSR count). The highest BCUT2D eigenvalue weighted by Gasteiger charge is 2.22. The number of carbonyl (C=O) groups is 2. The van der Waals surface area contributed by atoms with E-state index in [0.29, 0.717) is 12.3 Å². The number of nitrogens with zero attached hydrogens (tertiary/aromatic N) is 3. The van der Waals surface area contributed by atoms with Gasteiger partial charge < -0.3 is 24.0 Å². The molecule has 2 aromatic rings. The third-order valence-corrected chi connectivity index (χ3v) is 4.75. The number of amides is 1. The monoisotopic (exact) mass is 441 g/mol. The predicted octanol–water partition coefficient (Wildman–Crippen LogP) is 2.60. The van der Waals surface area contributed by atoms with Gasteiger partial charge in [0, 0.05) is 39.5 Å². The molecule has 10 heteroatoms. The average molecular weight is 441 g/mol. The topological polar surface area (TPSA) is 111 Å². The van der Waals surface area contributed by atoms with Gasteiger partial charge in [0.25, 0.3) is 11.6 Å². The van der Waals surface area contributed by atoms with Crippen LogP contribution in [0.15, 0.2) is 42.5 Å². The van der Waals surface area contributed by atoms with Crippen LogP contribution in [0.25, 0.3) is 6.08 Å². The quantitative estimate of drug-likeness (QED) is 0.266. The number of carbonyl (C=O) groups excluding carboxylic acids is 2. The van der Waals surface area contributed by atoms with Crippen LogP contribution < -0.4 is 14.4 Å². The Labute approximate surface area is 184 Å². The number of rotatable bonds is 8. The van der Waals surface area contributed by atoms with E-state index in [2.05, 4.69) is 0 Å². The highest BCUT2D eigenvalue weighted by atomic mass is 16.7. The van der Waals surface area contributed by atoms with Gasteiger partial charge in [-0.3, -0.25) is 14.9 Å². The van der Waals surface area contributed by atoms with Gasteiger partial charge in [-0.25, -0.2) is 4.79 Å². The first kappa shape index (κ1) is 22.6. The fourth-order valence-electron chi connectivity index (χ4n) is 2.95. The molecule has 1 aliphatic heterocycles. The number of likely N-dealkylation sites (N-methyl/N-ethyl adjacent to an activating group) is 1. The zero-order valence-electron chi connectivity index (χ0n) is 17.9. The lowest BCUT2D eigenvalue weighted by atomic mass is 10.1. The minimum Gasteiger partial charge on any atom is -0.454 e. The van der Waals surface area contributed by atoms with Gasteiger partial charge in [0.05, 0.1) is 16.6 Å². The third kappa shape index (κ3) is 5.54. The van der Waals surface area contributed by atoms with E-state index in [0.717, 1.165) is 17.3 Å². The van der Waals surface area contributed by atoms with Crippen molar-refractivity contribution >= 4 is 29.3 Å². The first-order valence-electron chi connectivity index (χ1n) is 9.67. The Bertz CT molecular complexity index is 1050. The summed E-state index contributed by atoms with van der Waals surface area (Å²) in [4.78, 5) is 38.4. The molecule has 0 fully saturated rings. The molecule has 0 unspecified atom stereocenters. The summed E-state index contributed by atoms with van der Waals surface area (Å²) in [7, 11) is 5.50. The molecule has 32 heavy (non-hydrogen) atoms. The van der Waals surface area contributed by atoms with Gasteiger partial charge in [0.2, 0.25) is 6.79 Å². The molecular weight excluding hydrogens is 418 g/mol. The molecule has 0 N–H and O–H groups in total. The van der Waals surface area contributed by atoms with E-state index >= 15 is 0 Å². The fraction of sp³-hybridized carbons (Fsp3) is 0.273. The number of anilines is 1. The van der Waals surface area contributed by atoms with E-state index in [9.17, 15) is 19.7 Å². The van der Waals surface area contributed by atoms with Crippen molar-refractivity contribution in [1.82, 2.24) is 4.90 Å². The number of nitro groups is 1. The second-order valence-corrected chi connectivity index (χ2v) is 7.27. The molecule has 1 amide bonds. The lowest BCUT2D eigenvalue weighted by Crippen LogP contribution is -2.30. The SMILES string of the molecule is CN(Cc1ccc(N(C)C)cc1)C(=O)COC(=O)/C=C/c1cc2c(cc1[N+](=O)[O-])OCO2. The molecule has 0 aromatic heterocycles. The molecule has 0 saturated heterocycles. The van der Waals surface area contributed by atoms with Crippen molar-refractivity contribution in [2.45, 2.75) is 6.54 Å². The first-order chi connectivity index (χ1) is 15.2. The molecule has 1 heterocycles. The van der Waals surface area contributed by atoms with Crippen LogP contribution in [0, 0.1) is 10.1 Å². The van der Waals surface area contributed by atoms with Gasteiger partial charge >= 0.3 is 5.97 Å². The molecule has 168 valence electrons. The molecule has 2 aromatic carbocycles. The minimum atomic E-state index is -0.797. The summed E-state index contributed by atoms with van der Waals surface area (Å²) in [6.07, 6.45) is 2.26. The number of hydrogen-bond donors (Lipinski definition) is 0. The molecular formula is C22H23N3O7. The van der Waals surface area contributed by atoms with Crippen molar-refractivity contribution in [3.63, 3.8) is 0 Å². The fourth-order valence-corrected chi connectivity index (χ4v) is 2.95. The second kappa shape index (κ2) is 9.82. The van der Waals surface area contributed by atoms with E-state index in [1.807, 2.05) is 43.3 Å². The van der Waals surface area contributed by atoms with Gasteiger partial charge in [0.1, 0.15) is 0 Å². The van der Waals surface area contributed by atoms with Crippen molar-refractivity contribution in [3.05, 3.63) is 63.7 Å². The molecule has 0 radical (unpaired) electrons. The van der Waals surface area contributed by atoms with Crippen molar-refractivity contribution in [2.75, 3.05) is 39.4 Å². The van der Waals surface area contributed by atoms with Crippen LogP contribution in [-0.2, 0) is 20.9 Å². The van der Waals surface area contributed by atoms with Crippen LogP contribution >= 0.6 is 0 Å². The number of ether oxygens (including phenoxy) is 3. The lowest BCUT2D eigenvalue weighted by molar-refractivity contribution is -0.385. The van der Waals surface area contributed by atoms with Crippen LogP contribution in [0.1, 0.15) is 11.1 Å². The summed E-state index contributed by atoms with van der Waals surface area (Å²) in [6, 6.07) is 10.4. The van der Waals surface area contributed by atoms with Gasteiger partial charge in [-0.05, 0) is 29.8 Å². The summed E-state index contributed by atoms with van der Waals surface area (Å²) in [6.45, 7) is -0.112. The minimum absolute atomic E-state index is 0.0306. The normalized spacial score (nSPS) is 12.0. The zero-order valence-corrected chi connectivity index (χ0v) is 17.9. The molecule has 10 nitrogen and oxygen atoms in total. The smallest absolute Gasteiger partial charge is 0.331 e. The van der Waals surface area contributed by atoms with Gasteiger partial charge in [-0.1, -0.05) is 12.1 Å². The Morgan fingerprint density at radius 2 is 1.78 bits per heavy atom. The van der Waals surface area contributed by atoms with E-state index in [1.165, 1.54) is 23.1 Å². The van der Waals surface area contributed by atoms with E-state index < -0.39 is 17.5 Å². The number of hydrogen-bond acceptors (Lipinski definition) is 8. The van der Waals surface area contributed by atoms with Crippen LogP contribution in [-0.4, -0.2) is 56.2 Å². The molecule has 0 aliphatic carbocycles. The van der Waals surface area contributed by atoms with Crippen LogP contribution in [0.4, 0.5) is 11.4 Å². The third-order valence-electron chi connectivity index (χ3n) is 4.75. The Morgan fingerprint density at radius 1 is 1.12 bits per heavy atom. The van der Waals surface area contributed by atoms with Crippen molar-refractivity contribution < 1.29 is 28.7 Å². The largest absolute Gasteiger partial charge is 0.454 e. The van der Waals surface area contributed by atoms with E-state index in [4.69, 9.17) is 14.2 Å². The van der Waals surface area contributed by atoms with E-state index in [1.54, 1.807) is 7.05 Å². The van der Waals surface area contributed by atoms with Crippen molar-refractivity contribution in [3.8, 4) is 11.5 Å². The summed E-state index contributed by atoms with van der Waals surface area (Å²) < 4.78 is 15.3. The molecule has 1 aliphatic rings. The Morgan fingerprint density at radius 3 is 2.41 bits per heavy atom. The number of fused-ring (bicyclic) bond motifs is 1. The maximum atomic E-state index is 12.3. The predicted molar refractivity (Wildman–Crippen MR) is 116 cm³/mol. The maximum absolute atomic E-state index is 12.3. The first-order valence-corrected chi connectivity index (χ1v) is 9.67. The van der Waals surface area contributed by atoms with Crippen LogP contribution in [0.5, 0.6) is 11.5 Å². The molecule has 0 bridgehead atoms. The van der Waals surface area contributed by atoms with E-state index in [-0.39, 0.29) is 29.7 Å². The van der Waals surface area contributed by atoms with Crippen LogP contribution in [0.2, 0.25) is 0 Å². The van der Waals surface area contributed by atoms with Gasteiger partial charge in [0.15, 0.2) is 18.1 Å². The average Bonchev–Trinajstić information content (AvgIpc) is 3.23. The standard InChI is InChI=1S/C22H23N3O7/c1-23(2)17-7-4-15(5-8-17)12-24(3)21(26)13-30-22(27)9-6-16-10-19-20(32-14-31-19)11-18(16)25(28)29/h4-11H,12-14H2,1-3H3/b9-6+. The molecule has 0 saturated carbocycles. The zero-order chi connectivity index (χ0) is 23.3. The highest BCUT2D eigenvalue weighted by molar-refractivity contribution is 5.90. The maximum Gasteiger partial charge on any atom is 0.331 e. The number of benzene rings is 2. The summed E-state index contributed by atoms with van der Waals surface area (Å²) in [5.41, 5.74) is 1.90. The molecule has 0 spiro atoms. The van der Waals surface area contributed by atoms with Gasteiger partial charge in [-0.2, -0.15) is 0 Å². The Kier molecular flexibility index (Phi) is 6.93. The Balaban J connectivity index is 1.54. The summed E-state index contributed by atoms with van der Waals surface area (Å²) in [5.74, 6) is -0.563. The van der Waals surface area contributed by atoms with Gasteiger partial charge in [-0.15, -0.1) is 0 Å². The lowest BCUT2D eigenvalue weighted by Gasteiger charge is -2.18. The van der Waals surface area contributed by atoms with Crippen molar-refractivity contribution in [1.29, 1.82) is 0 Å². The van der Waals surface area contributed by atoms with Crippen molar-refractivity contribution in [2.24, 2.45) is 0 Å². The summed E-state index contributed by atoms with van der Waals surface area (Å²) in [5, 5.41) is 11.3. The Hall–Kier alpha value is -4.08. The second-order valence-electron chi connectivity index (χ2n) is 7.27.